The molecule has 18 heavy (non-hydrogen) atoms. The van der Waals surface area contributed by atoms with Crippen molar-refractivity contribution in [1.82, 2.24) is 0 Å². The van der Waals surface area contributed by atoms with Crippen LogP contribution in [0.15, 0.2) is 42.5 Å². The zero-order valence-corrected chi connectivity index (χ0v) is 10.0. The topological polar surface area (TPSA) is 29.3 Å². The van der Waals surface area contributed by atoms with Gasteiger partial charge in [0.2, 0.25) is 0 Å². The summed E-state index contributed by atoms with van der Waals surface area (Å²) in [6, 6.07) is 10.7. The molecule has 0 aliphatic heterocycles. The van der Waals surface area contributed by atoms with Crippen molar-refractivity contribution < 1.29 is 8.78 Å². The minimum Gasteiger partial charge on any atom is -0.399 e. The van der Waals surface area contributed by atoms with Gasteiger partial charge in [0.1, 0.15) is 11.6 Å². The van der Waals surface area contributed by atoms with Crippen LogP contribution in [0.2, 0.25) is 0 Å². The third-order valence-corrected chi connectivity index (χ3v) is 2.72. The average Bonchev–Trinajstić information content (AvgIpc) is 2.32. The van der Waals surface area contributed by atoms with E-state index in [4.69, 9.17) is 5.73 Å². The van der Waals surface area contributed by atoms with E-state index in [9.17, 15) is 8.78 Å². The van der Waals surface area contributed by atoms with Gasteiger partial charge in [0, 0.05) is 19.3 Å². The van der Waals surface area contributed by atoms with Crippen LogP contribution in [0.3, 0.4) is 0 Å². The molecule has 0 radical (unpaired) electrons. The third-order valence-electron chi connectivity index (χ3n) is 2.72. The molecular formula is C14H14F2N2. The molecule has 4 heteroatoms. The quantitative estimate of drug-likeness (QED) is 0.845. The van der Waals surface area contributed by atoms with Crippen molar-refractivity contribution in [3.8, 4) is 0 Å². The minimum atomic E-state index is -0.361. The molecular weight excluding hydrogens is 234 g/mol. The Labute approximate surface area is 105 Å². The maximum Gasteiger partial charge on any atom is 0.148 e. The highest BCUT2D eigenvalue weighted by Crippen LogP contribution is 2.22. The summed E-state index contributed by atoms with van der Waals surface area (Å²) in [5.41, 5.74) is 7.27. The maximum atomic E-state index is 13.7. The Hall–Kier alpha value is -2.10. The standard InChI is InChI=1S/C14H14F2N2/c1-18(9-10-2-4-11(15)5-3-10)14-7-6-12(17)8-13(14)16/h2-8H,9,17H2,1H3. The predicted octanol–water partition coefficient (Wildman–Crippen LogP) is 3.18. The molecule has 0 saturated carbocycles. The lowest BCUT2D eigenvalue weighted by Gasteiger charge is -2.20. The van der Waals surface area contributed by atoms with E-state index in [0.717, 1.165) is 5.56 Å². The summed E-state index contributed by atoms with van der Waals surface area (Å²) in [5, 5.41) is 0. The van der Waals surface area contributed by atoms with Gasteiger partial charge in [-0.2, -0.15) is 0 Å². The lowest BCUT2D eigenvalue weighted by Crippen LogP contribution is -2.17. The fraction of sp³-hybridized carbons (Fsp3) is 0.143. The monoisotopic (exact) mass is 248 g/mol. The van der Waals surface area contributed by atoms with Crippen LogP contribution in [-0.4, -0.2) is 7.05 Å². The molecule has 2 aromatic carbocycles. The second-order valence-corrected chi connectivity index (χ2v) is 4.19. The Balaban J connectivity index is 2.16. The molecule has 2 rings (SSSR count). The number of nitrogens with two attached hydrogens (primary N) is 1. The van der Waals surface area contributed by atoms with Crippen molar-refractivity contribution in [1.29, 1.82) is 0 Å². The van der Waals surface area contributed by atoms with Crippen LogP contribution < -0.4 is 10.6 Å². The van der Waals surface area contributed by atoms with Gasteiger partial charge in [-0.15, -0.1) is 0 Å². The first-order valence-electron chi connectivity index (χ1n) is 5.57. The number of anilines is 2. The number of rotatable bonds is 3. The summed E-state index contributed by atoms with van der Waals surface area (Å²) in [6.07, 6.45) is 0. The van der Waals surface area contributed by atoms with E-state index in [1.54, 1.807) is 36.2 Å². The number of halogens is 2. The highest BCUT2D eigenvalue weighted by Gasteiger charge is 2.08. The van der Waals surface area contributed by atoms with Gasteiger partial charge in [-0.05, 0) is 35.9 Å². The Kier molecular flexibility index (Phi) is 3.46. The highest BCUT2D eigenvalue weighted by atomic mass is 19.1. The zero-order valence-electron chi connectivity index (χ0n) is 10.0. The van der Waals surface area contributed by atoms with Crippen LogP contribution in [0.1, 0.15) is 5.56 Å². The van der Waals surface area contributed by atoms with Crippen LogP contribution in [0, 0.1) is 11.6 Å². The molecule has 0 aromatic heterocycles. The molecule has 2 nitrogen and oxygen atoms in total. The lowest BCUT2D eigenvalue weighted by molar-refractivity contribution is 0.621. The highest BCUT2D eigenvalue weighted by molar-refractivity contribution is 5.54. The number of hydrogen-bond donors (Lipinski definition) is 1. The molecule has 2 N–H and O–H groups in total. The minimum absolute atomic E-state index is 0.278. The fourth-order valence-electron chi connectivity index (χ4n) is 1.78. The van der Waals surface area contributed by atoms with Crippen LogP contribution in [0.5, 0.6) is 0 Å². The van der Waals surface area contributed by atoms with E-state index < -0.39 is 0 Å². The zero-order chi connectivity index (χ0) is 13.1. The van der Waals surface area contributed by atoms with Gasteiger partial charge in [-0.25, -0.2) is 8.78 Å². The number of nitrogen functional groups attached to an aromatic ring is 1. The molecule has 0 atom stereocenters. The lowest BCUT2D eigenvalue weighted by atomic mass is 10.2. The van der Waals surface area contributed by atoms with Gasteiger partial charge in [-0.1, -0.05) is 12.1 Å². The molecule has 0 fully saturated rings. The smallest absolute Gasteiger partial charge is 0.148 e. The van der Waals surface area contributed by atoms with E-state index in [1.807, 2.05) is 0 Å². The van der Waals surface area contributed by atoms with Gasteiger partial charge in [0.05, 0.1) is 5.69 Å². The van der Waals surface area contributed by atoms with Gasteiger partial charge in [0.15, 0.2) is 0 Å². The van der Waals surface area contributed by atoms with E-state index in [2.05, 4.69) is 0 Å². The molecule has 94 valence electrons. The first-order valence-corrected chi connectivity index (χ1v) is 5.57. The summed E-state index contributed by atoms with van der Waals surface area (Å²) in [5.74, 6) is -0.639. The summed E-state index contributed by atoms with van der Waals surface area (Å²) in [4.78, 5) is 1.75. The van der Waals surface area contributed by atoms with Crippen molar-refractivity contribution in [3.63, 3.8) is 0 Å². The predicted molar refractivity (Wildman–Crippen MR) is 69.3 cm³/mol. The fourth-order valence-corrected chi connectivity index (χ4v) is 1.78. The second-order valence-electron chi connectivity index (χ2n) is 4.19. The Morgan fingerprint density at radius 3 is 2.33 bits per heavy atom. The second kappa shape index (κ2) is 5.04. The largest absolute Gasteiger partial charge is 0.399 e. The normalized spacial score (nSPS) is 10.4. The van der Waals surface area contributed by atoms with Crippen molar-refractivity contribution in [2.45, 2.75) is 6.54 Å². The van der Waals surface area contributed by atoms with Gasteiger partial charge in [-0.3, -0.25) is 0 Å². The summed E-state index contributed by atoms with van der Waals surface area (Å²) >= 11 is 0. The molecule has 0 unspecified atom stereocenters. The summed E-state index contributed by atoms with van der Waals surface area (Å²) < 4.78 is 26.5. The molecule has 0 aliphatic rings. The van der Waals surface area contributed by atoms with E-state index >= 15 is 0 Å². The van der Waals surface area contributed by atoms with Crippen molar-refractivity contribution >= 4 is 11.4 Å². The molecule has 0 saturated heterocycles. The Bertz CT molecular complexity index is 538. The summed E-state index contributed by atoms with van der Waals surface area (Å²) in [7, 11) is 1.78. The van der Waals surface area contributed by atoms with Crippen molar-refractivity contribution in [2.24, 2.45) is 0 Å². The molecule has 0 spiro atoms. The van der Waals surface area contributed by atoms with E-state index in [0.29, 0.717) is 17.9 Å². The first-order chi connectivity index (χ1) is 8.56. The molecule has 0 amide bonds. The van der Waals surface area contributed by atoms with Gasteiger partial charge < -0.3 is 10.6 Å². The summed E-state index contributed by atoms with van der Waals surface area (Å²) in [6.45, 7) is 0.501. The van der Waals surface area contributed by atoms with Crippen LogP contribution in [-0.2, 0) is 6.54 Å². The van der Waals surface area contributed by atoms with Gasteiger partial charge in [0.25, 0.3) is 0 Å². The average molecular weight is 248 g/mol. The molecule has 0 aliphatic carbocycles. The number of hydrogen-bond acceptors (Lipinski definition) is 2. The molecule has 2 aromatic rings. The van der Waals surface area contributed by atoms with Crippen LogP contribution >= 0.6 is 0 Å². The SMILES string of the molecule is CN(Cc1ccc(F)cc1)c1ccc(N)cc1F. The number of benzene rings is 2. The van der Waals surface area contributed by atoms with Gasteiger partial charge >= 0.3 is 0 Å². The third kappa shape index (κ3) is 2.77. The first kappa shape index (κ1) is 12.4. The van der Waals surface area contributed by atoms with E-state index in [-0.39, 0.29) is 11.6 Å². The van der Waals surface area contributed by atoms with Crippen molar-refractivity contribution in [3.05, 3.63) is 59.7 Å². The van der Waals surface area contributed by atoms with E-state index in [1.165, 1.54) is 18.2 Å². The maximum absolute atomic E-state index is 13.7. The Morgan fingerprint density at radius 2 is 1.72 bits per heavy atom. The molecule has 0 heterocycles. The van der Waals surface area contributed by atoms with Crippen molar-refractivity contribution in [2.75, 3.05) is 17.7 Å². The van der Waals surface area contributed by atoms with Crippen LogP contribution in [0.25, 0.3) is 0 Å². The number of nitrogens with zero attached hydrogens (tertiary/aromatic N) is 1. The Morgan fingerprint density at radius 1 is 1.06 bits per heavy atom. The molecule has 0 bridgehead atoms. The van der Waals surface area contributed by atoms with Crippen LogP contribution in [0.4, 0.5) is 20.2 Å².